The van der Waals surface area contributed by atoms with E-state index in [2.05, 4.69) is 10.0 Å². The van der Waals surface area contributed by atoms with Crippen molar-refractivity contribution in [3.63, 3.8) is 0 Å². The monoisotopic (exact) mass is 343 g/mol. The molecule has 1 aliphatic rings. The number of rotatable bonds is 5. The lowest BCUT2D eigenvalue weighted by molar-refractivity contribution is 0.358. The SMILES string of the molecule is Cc1cccc(S(=O)(=O)NCCC2CCCNC2)c1C#N.Cl. The predicted molar refractivity (Wildman–Crippen MR) is 88.5 cm³/mol. The molecule has 7 heteroatoms. The maximum atomic E-state index is 12.3. The second-order valence-electron chi connectivity index (χ2n) is 5.46. The maximum absolute atomic E-state index is 12.3. The normalized spacial score (nSPS) is 18.3. The minimum Gasteiger partial charge on any atom is -0.316 e. The van der Waals surface area contributed by atoms with Crippen LogP contribution in [0.15, 0.2) is 23.1 Å². The van der Waals surface area contributed by atoms with Gasteiger partial charge in [-0.25, -0.2) is 13.1 Å². The molecule has 1 saturated heterocycles. The van der Waals surface area contributed by atoms with Gasteiger partial charge in [0, 0.05) is 6.54 Å². The highest BCUT2D eigenvalue weighted by Gasteiger charge is 2.20. The Balaban J connectivity index is 0.00000242. The average molecular weight is 344 g/mol. The highest BCUT2D eigenvalue weighted by molar-refractivity contribution is 7.89. The van der Waals surface area contributed by atoms with Gasteiger partial charge in [0.25, 0.3) is 0 Å². The van der Waals surface area contributed by atoms with E-state index < -0.39 is 10.0 Å². The molecular formula is C15H22ClN3O2S. The molecule has 0 aromatic heterocycles. The zero-order valence-corrected chi connectivity index (χ0v) is 14.3. The Morgan fingerprint density at radius 2 is 2.23 bits per heavy atom. The van der Waals surface area contributed by atoms with Crippen molar-refractivity contribution in [3.05, 3.63) is 29.3 Å². The zero-order valence-electron chi connectivity index (χ0n) is 12.6. The summed E-state index contributed by atoms with van der Waals surface area (Å²) in [6, 6.07) is 6.87. The lowest BCUT2D eigenvalue weighted by atomic mass is 9.96. The van der Waals surface area contributed by atoms with E-state index in [4.69, 9.17) is 5.26 Å². The number of halogens is 1. The van der Waals surface area contributed by atoms with Gasteiger partial charge in [-0.2, -0.15) is 5.26 Å². The Kier molecular flexibility index (Phi) is 7.30. The number of aryl methyl sites for hydroxylation is 1. The third-order valence-corrected chi connectivity index (χ3v) is 5.38. The van der Waals surface area contributed by atoms with Crippen LogP contribution in [-0.4, -0.2) is 28.1 Å². The number of sulfonamides is 1. The smallest absolute Gasteiger partial charge is 0.241 e. The van der Waals surface area contributed by atoms with Crippen LogP contribution in [0.5, 0.6) is 0 Å². The van der Waals surface area contributed by atoms with Gasteiger partial charge in [0.1, 0.15) is 6.07 Å². The van der Waals surface area contributed by atoms with E-state index in [0.29, 0.717) is 18.0 Å². The van der Waals surface area contributed by atoms with Crippen LogP contribution in [0.1, 0.15) is 30.4 Å². The van der Waals surface area contributed by atoms with Crippen molar-refractivity contribution in [2.24, 2.45) is 5.92 Å². The molecule has 1 aliphatic heterocycles. The van der Waals surface area contributed by atoms with Gasteiger partial charge in [0.2, 0.25) is 10.0 Å². The first-order chi connectivity index (χ1) is 10.0. The Morgan fingerprint density at radius 1 is 1.45 bits per heavy atom. The largest absolute Gasteiger partial charge is 0.316 e. The molecule has 0 amide bonds. The molecule has 122 valence electrons. The molecule has 0 spiro atoms. The fourth-order valence-corrected chi connectivity index (χ4v) is 3.93. The highest BCUT2D eigenvalue weighted by Crippen LogP contribution is 2.19. The molecule has 0 radical (unpaired) electrons. The number of nitriles is 1. The lowest BCUT2D eigenvalue weighted by Crippen LogP contribution is -2.33. The second kappa shape index (κ2) is 8.49. The Labute approximate surface area is 138 Å². The first-order valence-corrected chi connectivity index (χ1v) is 8.73. The molecular weight excluding hydrogens is 322 g/mol. The molecule has 22 heavy (non-hydrogen) atoms. The minimum absolute atomic E-state index is 0. The molecule has 1 aromatic rings. The molecule has 2 rings (SSSR count). The van der Waals surface area contributed by atoms with E-state index in [0.717, 1.165) is 32.4 Å². The molecule has 0 aliphatic carbocycles. The Bertz CT molecular complexity index is 635. The number of nitrogens with one attached hydrogen (secondary N) is 2. The van der Waals surface area contributed by atoms with Gasteiger partial charge in [-0.05, 0) is 56.8 Å². The van der Waals surface area contributed by atoms with E-state index in [1.807, 2.05) is 6.07 Å². The van der Waals surface area contributed by atoms with Crippen molar-refractivity contribution < 1.29 is 8.42 Å². The van der Waals surface area contributed by atoms with Gasteiger partial charge >= 0.3 is 0 Å². The summed E-state index contributed by atoms with van der Waals surface area (Å²) >= 11 is 0. The van der Waals surface area contributed by atoms with Crippen LogP contribution in [0.25, 0.3) is 0 Å². The number of benzene rings is 1. The van der Waals surface area contributed by atoms with E-state index >= 15 is 0 Å². The van der Waals surface area contributed by atoms with Gasteiger partial charge in [0.15, 0.2) is 0 Å². The van der Waals surface area contributed by atoms with E-state index in [9.17, 15) is 8.42 Å². The van der Waals surface area contributed by atoms with Crippen LogP contribution in [0.2, 0.25) is 0 Å². The van der Waals surface area contributed by atoms with Crippen LogP contribution in [0.3, 0.4) is 0 Å². The predicted octanol–water partition coefficient (Wildman–Crippen LogP) is 1.96. The minimum atomic E-state index is -3.62. The van der Waals surface area contributed by atoms with Crippen molar-refractivity contribution in [2.45, 2.75) is 31.1 Å². The van der Waals surface area contributed by atoms with Gasteiger partial charge in [-0.3, -0.25) is 0 Å². The molecule has 2 N–H and O–H groups in total. The van der Waals surface area contributed by atoms with Crippen molar-refractivity contribution in [2.75, 3.05) is 19.6 Å². The number of hydrogen-bond acceptors (Lipinski definition) is 4. The quantitative estimate of drug-likeness (QED) is 0.856. The Hall–Kier alpha value is -1.13. The molecule has 1 atom stereocenters. The van der Waals surface area contributed by atoms with E-state index in [-0.39, 0.29) is 22.9 Å². The fraction of sp³-hybridized carbons (Fsp3) is 0.533. The Morgan fingerprint density at radius 3 is 2.86 bits per heavy atom. The van der Waals surface area contributed by atoms with E-state index in [1.54, 1.807) is 19.1 Å². The van der Waals surface area contributed by atoms with Crippen LogP contribution >= 0.6 is 12.4 Å². The molecule has 1 aromatic carbocycles. The van der Waals surface area contributed by atoms with Crippen molar-refractivity contribution >= 4 is 22.4 Å². The first kappa shape index (κ1) is 18.9. The summed E-state index contributed by atoms with van der Waals surface area (Å²) in [7, 11) is -3.62. The van der Waals surface area contributed by atoms with Crippen LogP contribution in [0, 0.1) is 24.2 Å². The summed E-state index contributed by atoms with van der Waals surface area (Å²) in [5.74, 6) is 0.523. The fourth-order valence-electron chi connectivity index (χ4n) is 2.65. The first-order valence-electron chi connectivity index (χ1n) is 7.24. The average Bonchev–Trinajstić information content (AvgIpc) is 2.48. The zero-order chi connectivity index (χ0) is 15.3. The molecule has 1 unspecified atom stereocenters. The molecule has 0 saturated carbocycles. The highest BCUT2D eigenvalue weighted by atomic mass is 35.5. The van der Waals surface area contributed by atoms with Gasteiger partial charge < -0.3 is 5.32 Å². The molecule has 0 bridgehead atoms. The third-order valence-electron chi connectivity index (χ3n) is 3.88. The van der Waals surface area contributed by atoms with Crippen molar-refractivity contribution in [1.82, 2.24) is 10.0 Å². The number of piperidine rings is 1. The molecule has 1 fully saturated rings. The van der Waals surface area contributed by atoms with Gasteiger partial charge in [-0.15, -0.1) is 12.4 Å². The van der Waals surface area contributed by atoms with Crippen LogP contribution < -0.4 is 10.0 Å². The van der Waals surface area contributed by atoms with Gasteiger partial charge in [0.05, 0.1) is 10.5 Å². The van der Waals surface area contributed by atoms with Crippen molar-refractivity contribution in [1.29, 1.82) is 5.26 Å². The molecule has 1 heterocycles. The lowest BCUT2D eigenvalue weighted by Gasteiger charge is -2.22. The second-order valence-corrected chi connectivity index (χ2v) is 7.19. The van der Waals surface area contributed by atoms with Crippen LogP contribution in [-0.2, 0) is 10.0 Å². The van der Waals surface area contributed by atoms with Crippen molar-refractivity contribution in [3.8, 4) is 6.07 Å². The van der Waals surface area contributed by atoms with E-state index in [1.165, 1.54) is 6.07 Å². The summed E-state index contributed by atoms with van der Waals surface area (Å²) in [4.78, 5) is 0.0757. The molecule has 5 nitrogen and oxygen atoms in total. The summed E-state index contributed by atoms with van der Waals surface area (Å²) < 4.78 is 27.3. The summed E-state index contributed by atoms with van der Waals surface area (Å²) in [5.41, 5.74) is 0.904. The standard InChI is InChI=1S/C15H21N3O2S.ClH/c1-12-4-2-6-15(14(12)10-16)21(19,20)18-9-7-13-5-3-8-17-11-13;/h2,4,6,13,17-18H,3,5,7-9,11H2,1H3;1H. The van der Waals surface area contributed by atoms with Crippen LogP contribution in [0.4, 0.5) is 0 Å². The number of hydrogen-bond donors (Lipinski definition) is 2. The summed E-state index contributed by atoms with van der Waals surface area (Å²) in [5, 5.41) is 12.5. The summed E-state index contributed by atoms with van der Waals surface area (Å²) in [6.45, 7) is 4.16. The van der Waals surface area contributed by atoms with Gasteiger partial charge in [-0.1, -0.05) is 12.1 Å². The topological polar surface area (TPSA) is 82.0 Å². The summed E-state index contributed by atoms with van der Waals surface area (Å²) in [6.07, 6.45) is 3.11. The maximum Gasteiger partial charge on any atom is 0.241 e. The number of nitrogens with zero attached hydrogens (tertiary/aromatic N) is 1. The third kappa shape index (κ3) is 4.68.